The molecule has 2 N–H and O–H groups in total. The van der Waals surface area contributed by atoms with Gasteiger partial charge in [0.15, 0.2) is 0 Å². The van der Waals surface area contributed by atoms with Gasteiger partial charge in [0, 0.05) is 23.6 Å². The summed E-state index contributed by atoms with van der Waals surface area (Å²) >= 11 is 1.77. The molecule has 1 aromatic carbocycles. The Bertz CT molecular complexity index is 394. The van der Waals surface area contributed by atoms with E-state index in [0.29, 0.717) is 11.6 Å². The van der Waals surface area contributed by atoms with Crippen LogP contribution in [0.4, 0.5) is 11.4 Å². The lowest BCUT2D eigenvalue weighted by molar-refractivity contribution is -0.384. The molecule has 1 rings (SSSR count). The smallest absolute Gasteiger partial charge is 0.269 e. The molecule has 4 nitrogen and oxygen atoms in total. The summed E-state index contributed by atoms with van der Waals surface area (Å²) in [6.45, 7) is 4.37. The fourth-order valence-corrected chi connectivity index (χ4v) is 2.58. The van der Waals surface area contributed by atoms with E-state index in [2.05, 4.69) is 13.8 Å². The second-order valence-electron chi connectivity index (χ2n) is 4.38. The molecule has 0 saturated carbocycles. The lowest BCUT2D eigenvalue weighted by Gasteiger charge is -2.06. The van der Waals surface area contributed by atoms with Gasteiger partial charge in [0.05, 0.1) is 4.92 Å². The number of nitro benzene ring substituents is 1. The van der Waals surface area contributed by atoms with E-state index in [1.165, 1.54) is 6.07 Å². The first kappa shape index (κ1) is 13.8. The van der Waals surface area contributed by atoms with E-state index in [4.69, 9.17) is 5.73 Å². The lowest BCUT2D eigenvalue weighted by Crippen LogP contribution is -1.97. The van der Waals surface area contributed by atoms with Crippen molar-refractivity contribution in [3.63, 3.8) is 0 Å². The molecule has 0 amide bonds. The molecule has 0 bridgehead atoms. The molecule has 0 saturated heterocycles. The third-order valence-corrected chi connectivity index (χ3v) is 3.47. The van der Waals surface area contributed by atoms with Gasteiger partial charge in [-0.3, -0.25) is 10.1 Å². The van der Waals surface area contributed by atoms with Gasteiger partial charge in [-0.2, -0.15) is 11.8 Å². The second-order valence-corrected chi connectivity index (χ2v) is 5.48. The molecule has 0 heterocycles. The van der Waals surface area contributed by atoms with Crippen molar-refractivity contribution in [2.24, 2.45) is 5.92 Å². The molecule has 0 atom stereocenters. The number of rotatable bonds is 6. The molecule has 0 unspecified atom stereocenters. The van der Waals surface area contributed by atoms with Gasteiger partial charge < -0.3 is 5.73 Å². The van der Waals surface area contributed by atoms with Crippen LogP contribution >= 0.6 is 11.8 Å². The standard InChI is InChI=1S/C12H18N2O2S/c1-9(2)5-6-17-8-10-7-11(14(15)16)3-4-12(10)13/h3-4,7,9H,5-6,8,13H2,1-2H3. The summed E-state index contributed by atoms with van der Waals surface area (Å²) in [7, 11) is 0. The van der Waals surface area contributed by atoms with Crippen LogP contribution in [-0.2, 0) is 5.75 Å². The first-order valence-electron chi connectivity index (χ1n) is 5.61. The Hall–Kier alpha value is -1.23. The van der Waals surface area contributed by atoms with Crippen molar-refractivity contribution in [3.05, 3.63) is 33.9 Å². The number of benzene rings is 1. The van der Waals surface area contributed by atoms with E-state index < -0.39 is 0 Å². The van der Waals surface area contributed by atoms with Gasteiger partial charge in [-0.05, 0) is 29.7 Å². The molecular weight excluding hydrogens is 236 g/mol. The zero-order chi connectivity index (χ0) is 12.8. The second kappa shape index (κ2) is 6.49. The summed E-state index contributed by atoms with van der Waals surface area (Å²) < 4.78 is 0. The van der Waals surface area contributed by atoms with Crippen LogP contribution in [0.3, 0.4) is 0 Å². The minimum absolute atomic E-state index is 0.110. The number of non-ortho nitro benzene ring substituents is 1. The Balaban J connectivity index is 2.57. The van der Waals surface area contributed by atoms with Gasteiger partial charge in [0.1, 0.15) is 0 Å². The van der Waals surface area contributed by atoms with Crippen LogP contribution in [0.15, 0.2) is 18.2 Å². The molecule has 0 radical (unpaired) electrons. The Morgan fingerprint density at radius 2 is 2.18 bits per heavy atom. The van der Waals surface area contributed by atoms with Gasteiger partial charge in [0.25, 0.3) is 5.69 Å². The molecule has 0 spiro atoms. The van der Waals surface area contributed by atoms with Crippen molar-refractivity contribution in [1.29, 1.82) is 0 Å². The first-order chi connectivity index (χ1) is 8.00. The minimum Gasteiger partial charge on any atom is -0.398 e. The maximum atomic E-state index is 10.6. The highest BCUT2D eigenvalue weighted by molar-refractivity contribution is 7.98. The Kier molecular flexibility index (Phi) is 5.28. The highest BCUT2D eigenvalue weighted by Gasteiger charge is 2.09. The van der Waals surface area contributed by atoms with Crippen LogP contribution in [0, 0.1) is 16.0 Å². The van der Waals surface area contributed by atoms with Gasteiger partial charge in [-0.1, -0.05) is 13.8 Å². The molecule has 0 aromatic heterocycles. The third-order valence-electron chi connectivity index (χ3n) is 2.43. The average Bonchev–Trinajstić information content (AvgIpc) is 2.25. The fraction of sp³-hybridized carbons (Fsp3) is 0.500. The Labute approximate surface area is 106 Å². The molecule has 5 heteroatoms. The van der Waals surface area contributed by atoms with Crippen LogP contribution in [0.25, 0.3) is 0 Å². The summed E-state index contributed by atoms with van der Waals surface area (Å²) in [6.07, 6.45) is 1.15. The van der Waals surface area contributed by atoms with Crippen LogP contribution in [0.2, 0.25) is 0 Å². The Morgan fingerprint density at radius 3 is 2.76 bits per heavy atom. The molecular formula is C12H18N2O2S. The molecule has 94 valence electrons. The van der Waals surface area contributed by atoms with Crippen molar-refractivity contribution in [2.45, 2.75) is 26.0 Å². The predicted molar refractivity (Wildman–Crippen MR) is 73.1 cm³/mol. The van der Waals surface area contributed by atoms with Crippen molar-refractivity contribution in [3.8, 4) is 0 Å². The summed E-state index contributed by atoms with van der Waals surface area (Å²) in [5.41, 5.74) is 7.39. The molecule has 0 aliphatic carbocycles. The highest BCUT2D eigenvalue weighted by Crippen LogP contribution is 2.24. The summed E-state index contributed by atoms with van der Waals surface area (Å²) in [5, 5.41) is 10.6. The number of nitrogen functional groups attached to an aromatic ring is 1. The summed E-state index contributed by atoms with van der Waals surface area (Å²) in [4.78, 5) is 10.3. The van der Waals surface area contributed by atoms with Crippen molar-refractivity contribution in [1.82, 2.24) is 0 Å². The highest BCUT2D eigenvalue weighted by atomic mass is 32.2. The molecule has 1 aromatic rings. The van der Waals surface area contributed by atoms with E-state index in [9.17, 15) is 10.1 Å². The largest absolute Gasteiger partial charge is 0.398 e. The van der Waals surface area contributed by atoms with E-state index in [1.807, 2.05) is 0 Å². The summed E-state index contributed by atoms with van der Waals surface area (Å²) in [6, 6.07) is 4.62. The zero-order valence-corrected chi connectivity index (χ0v) is 11.0. The first-order valence-corrected chi connectivity index (χ1v) is 6.76. The molecule has 17 heavy (non-hydrogen) atoms. The van der Waals surface area contributed by atoms with Crippen molar-refractivity contribution < 1.29 is 4.92 Å². The maximum Gasteiger partial charge on any atom is 0.269 e. The number of anilines is 1. The zero-order valence-electron chi connectivity index (χ0n) is 10.2. The number of nitrogens with zero attached hydrogens (tertiary/aromatic N) is 1. The molecule has 0 fully saturated rings. The number of hydrogen-bond acceptors (Lipinski definition) is 4. The van der Waals surface area contributed by atoms with Crippen LogP contribution in [0.1, 0.15) is 25.8 Å². The Morgan fingerprint density at radius 1 is 1.47 bits per heavy atom. The summed E-state index contributed by atoms with van der Waals surface area (Å²) in [5.74, 6) is 2.48. The average molecular weight is 254 g/mol. The van der Waals surface area contributed by atoms with E-state index >= 15 is 0 Å². The quantitative estimate of drug-likeness (QED) is 0.365. The van der Waals surface area contributed by atoms with E-state index in [-0.39, 0.29) is 10.6 Å². The normalized spacial score (nSPS) is 10.8. The third kappa shape index (κ3) is 4.65. The molecule has 0 aliphatic rings. The number of hydrogen-bond donors (Lipinski definition) is 1. The molecule has 0 aliphatic heterocycles. The minimum atomic E-state index is -0.387. The van der Waals surface area contributed by atoms with Gasteiger partial charge in [-0.15, -0.1) is 0 Å². The topological polar surface area (TPSA) is 69.2 Å². The fourth-order valence-electron chi connectivity index (χ4n) is 1.33. The van der Waals surface area contributed by atoms with E-state index in [1.54, 1.807) is 23.9 Å². The van der Waals surface area contributed by atoms with Crippen LogP contribution in [0.5, 0.6) is 0 Å². The van der Waals surface area contributed by atoms with Crippen molar-refractivity contribution in [2.75, 3.05) is 11.5 Å². The van der Waals surface area contributed by atoms with E-state index in [0.717, 1.165) is 23.5 Å². The van der Waals surface area contributed by atoms with Gasteiger partial charge in [-0.25, -0.2) is 0 Å². The van der Waals surface area contributed by atoms with Crippen LogP contribution < -0.4 is 5.73 Å². The van der Waals surface area contributed by atoms with Gasteiger partial charge >= 0.3 is 0 Å². The number of thioether (sulfide) groups is 1. The van der Waals surface area contributed by atoms with Crippen LogP contribution in [-0.4, -0.2) is 10.7 Å². The SMILES string of the molecule is CC(C)CCSCc1cc([N+](=O)[O-])ccc1N. The predicted octanol–water partition coefficient (Wildman–Crippen LogP) is 3.46. The lowest BCUT2D eigenvalue weighted by atomic mass is 10.2. The van der Waals surface area contributed by atoms with Gasteiger partial charge in [0.2, 0.25) is 0 Å². The monoisotopic (exact) mass is 254 g/mol. The number of nitrogens with two attached hydrogens (primary N) is 1. The van der Waals surface area contributed by atoms with Crippen molar-refractivity contribution >= 4 is 23.1 Å². The number of nitro groups is 1. The maximum absolute atomic E-state index is 10.6.